The molecule has 1 fully saturated rings. The number of aromatic nitrogens is 2. The Morgan fingerprint density at radius 2 is 2.24 bits per heavy atom. The fourth-order valence-corrected chi connectivity index (χ4v) is 4.21. The second-order valence-corrected chi connectivity index (χ2v) is 7.13. The van der Waals surface area contributed by atoms with E-state index in [2.05, 4.69) is 15.0 Å². The van der Waals surface area contributed by atoms with Crippen LogP contribution in [0.4, 0.5) is 0 Å². The highest BCUT2D eigenvalue weighted by Crippen LogP contribution is 2.19. The van der Waals surface area contributed by atoms with Crippen molar-refractivity contribution in [3.8, 4) is 0 Å². The van der Waals surface area contributed by atoms with Gasteiger partial charge in [0.1, 0.15) is 5.82 Å². The summed E-state index contributed by atoms with van der Waals surface area (Å²) in [6.45, 7) is 1.67. The van der Waals surface area contributed by atoms with Crippen molar-refractivity contribution in [3.63, 3.8) is 0 Å². The Balaban J connectivity index is 1.92. The number of aryl methyl sites for hydroxylation is 1. The van der Waals surface area contributed by atoms with Crippen LogP contribution in [0.5, 0.6) is 0 Å². The van der Waals surface area contributed by atoms with E-state index < -0.39 is 10.2 Å². The van der Waals surface area contributed by atoms with Crippen LogP contribution in [-0.2, 0) is 23.7 Å². The summed E-state index contributed by atoms with van der Waals surface area (Å²) in [5.74, 6) is 0.878. The van der Waals surface area contributed by atoms with E-state index in [0.717, 1.165) is 25.1 Å². The summed E-state index contributed by atoms with van der Waals surface area (Å²) in [6.07, 6.45) is 7.11. The average Bonchev–Trinajstić information content (AvgIpc) is 2.85. The van der Waals surface area contributed by atoms with Gasteiger partial charge in [-0.1, -0.05) is 6.42 Å². The summed E-state index contributed by atoms with van der Waals surface area (Å²) < 4.78 is 31.1. The first-order chi connectivity index (χ1) is 10.0. The fourth-order valence-electron chi connectivity index (χ4n) is 2.74. The highest BCUT2D eigenvalue weighted by Gasteiger charge is 2.31. The Hall–Kier alpha value is -0.960. The molecule has 0 bridgehead atoms. The summed E-state index contributed by atoms with van der Waals surface area (Å²) in [6, 6.07) is 0.0504. The van der Waals surface area contributed by atoms with Crippen LogP contribution in [0.25, 0.3) is 0 Å². The van der Waals surface area contributed by atoms with Crippen LogP contribution < -0.4 is 10.0 Å². The summed E-state index contributed by atoms with van der Waals surface area (Å²) >= 11 is 0. The third-order valence-corrected chi connectivity index (χ3v) is 5.54. The van der Waals surface area contributed by atoms with Crippen molar-refractivity contribution in [1.82, 2.24) is 23.9 Å². The maximum atomic E-state index is 12.4. The van der Waals surface area contributed by atoms with Gasteiger partial charge in [0.2, 0.25) is 0 Å². The van der Waals surface area contributed by atoms with Crippen LogP contribution in [0.3, 0.4) is 0 Å². The number of hydrogen-bond donors (Lipinski definition) is 2. The van der Waals surface area contributed by atoms with Gasteiger partial charge in [-0.05, 0) is 19.9 Å². The van der Waals surface area contributed by atoms with Crippen molar-refractivity contribution in [1.29, 1.82) is 0 Å². The van der Waals surface area contributed by atoms with Crippen LogP contribution >= 0.6 is 0 Å². The Morgan fingerprint density at radius 1 is 1.43 bits per heavy atom. The first-order valence-corrected chi connectivity index (χ1v) is 8.86. The molecule has 1 aliphatic heterocycles. The first kappa shape index (κ1) is 16.4. The number of rotatable bonds is 7. The molecule has 1 aliphatic rings. The lowest BCUT2D eigenvalue weighted by Gasteiger charge is -2.34. The second kappa shape index (κ2) is 7.35. The van der Waals surface area contributed by atoms with Crippen LogP contribution in [0.1, 0.15) is 25.1 Å². The SMILES string of the molecule is CNCC1CCCCN1S(=O)(=O)NCCc1nccn1C. The molecule has 1 saturated heterocycles. The zero-order valence-corrected chi connectivity index (χ0v) is 13.6. The zero-order chi connectivity index (χ0) is 15.3. The third kappa shape index (κ3) is 4.26. The number of nitrogens with one attached hydrogen (secondary N) is 2. The smallest absolute Gasteiger partial charge is 0.279 e. The van der Waals surface area contributed by atoms with Gasteiger partial charge in [-0.2, -0.15) is 12.7 Å². The molecule has 1 aromatic heterocycles. The topological polar surface area (TPSA) is 79.3 Å². The number of hydrogen-bond acceptors (Lipinski definition) is 4. The highest BCUT2D eigenvalue weighted by molar-refractivity contribution is 7.87. The van der Waals surface area contributed by atoms with Crippen molar-refractivity contribution in [3.05, 3.63) is 18.2 Å². The van der Waals surface area contributed by atoms with Crippen LogP contribution in [-0.4, -0.2) is 55.0 Å². The lowest BCUT2D eigenvalue weighted by molar-refractivity contribution is 0.246. The number of likely N-dealkylation sites (N-methyl/N-ethyl adjacent to an activating group) is 1. The van der Waals surface area contributed by atoms with E-state index in [1.807, 2.05) is 24.9 Å². The van der Waals surface area contributed by atoms with Crippen molar-refractivity contribution in [2.24, 2.45) is 7.05 Å². The van der Waals surface area contributed by atoms with Crippen LogP contribution in [0, 0.1) is 0 Å². The van der Waals surface area contributed by atoms with Crippen LogP contribution in [0.2, 0.25) is 0 Å². The Bertz CT molecular complexity index is 541. The van der Waals surface area contributed by atoms with Gasteiger partial charge in [-0.3, -0.25) is 0 Å². The predicted octanol–water partition coefficient (Wildman–Crippen LogP) is -0.129. The van der Waals surface area contributed by atoms with Gasteiger partial charge in [0.15, 0.2) is 0 Å². The molecule has 2 N–H and O–H groups in total. The minimum absolute atomic E-state index is 0.0504. The Kier molecular flexibility index (Phi) is 5.74. The summed E-state index contributed by atoms with van der Waals surface area (Å²) in [7, 11) is 0.348. The first-order valence-electron chi connectivity index (χ1n) is 7.42. The van der Waals surface area contributed by atoms with E-state index in [9.17, 15) is 8.42 Å². The molecule has 2 rings (SSSR count). The van der Waals surface area contributed by atoms with E-state index >= 15 is 0 Å². The molecule has 21 heavy (non-hydrogen) atoms. The Labute approximate surface area is 126 Å². The normalized spacial score (nSPS) is 20.8. The lowest BCUT2D eigenvalue weighted by Crippen LogP contribution is -2.52. The fraction of sp³-hybridized carbons (Fsp3) is 0.769. The van der Waals surface area contributed by atoms with Gasteiger partial charge in [-0.25, -0.2) is 9.71 Å². The van der Waals surface area contributed by atoms with Crippen LogP contribution in [0.15, 0.2) is 12.4 Å². The van der Waals surface area contributed by atoms with Crippen molar-refractivity contribution >= 4 is 10.2 Å². The standard InChI is InChI=1S/C13H25N5O2S/c1-14-11-12-5-3-4-9-18(12)21(19,20)16-7-6-13-15-8-10-17(13)2/h8,10,12,14,16H,3-7,9,11H2,1-2H3. The summed E-state index contributed by atoms with van der Waals surface area (Å²) in [5.41, 5.74) is 0. The molecular formula is C13H25N5O2S. The second-order valence-electron chi connectivity index (χ2n) is 5.42. The zero-order valence-electron chi connectivity index (χ0n) is 12.7. The molecule has 120 valence electrons. The molecule has 1 unspecified atom stereocenters. The molecule has 0 aromatic carbocycles. The van der Waals surface area contributed by atoms with Gasteiger partial charge in [0.25, 0.3) is 10.2 Å². The average molecular weight is 315 g/mol. The van der Waals surface area contributed by atoms with Crippen molar-refractivity contribution in [2.45, 2.75) is 31.7 Å². The predicted molar refractivity (Wildman–Crippen MR) is 82.1 cm³/mol. The third-order valence-electron chi connectivity index (χ3n) is 3.88. The molecule has 0 aliphatic carbocycles. The van der Waals surface area contributed by atoms with Crippen molar-refractivity contribution in [2.75, 3.05) is 26.7 Å². The maximum absolute atomic E-state index is 12.4. The van der Waals surface area contributed by atoms with E-state index in [4.69, 9.17) is 0 Å². The molecule has 0 amide bonds. The largest absolute Gasteiger partial charge is 0.338 e. The molecule has 0 spiro atoms. The van der Waals surface area contributed by atoms with Gasteiger partial charge < -0.3 is 9.88 Å². The Morgan fingerprint density at radius 3 is 2.90 bits per heavy atom. The molecular weight excluding hydrogens is 290 g/mol. The molecule has 0 saturated carbocycles. The van der Waals surface area contributed by atoms with E-state index in [1.54, 1.807) is 10.5 Å². The number of piperidine rings is 1. The molecule has 1 aromatic rings. The minimum Gasteiger partial charge on any atom is -0.338 e. The van der Waals surface area contributed by atoms with E-state index in [1.165, 1.54) is 0 Å². The lowest BCUT2D eigenvalue weighted by atomic mass is 10.1. The highest BCUT2D eigenvalue weighted by atomic mass is 32.2. The summed E-state index contributed by atoms with van der Waals surface area (Å²) in [5, 5.41) is 3.08. The monoisotopic (exact) mass is 315 g/mol. The van der Waals surface area contributed by atoms with Gasteiger partial charge in [-0.15, -0.1) is 0 Å². The summed E-state index contributed by atoms with van der Waals surface area (Å²) in [4.78, 5) is 4.20. The van der Waals surface area contributed by atoms with Gasteiger partial charge in [0.05, 0.1) is 0 Å². The molecule has 0 radical (unpaired) electrons. The van der Waals surface area contributed by atoms with Gasteiger partial charge in [0, 0.05) is 51.5 Å². The molecule has 7 nitrogen and oxygen atoms in total. The van der Waals surface area contributed by atoms with Gasteiger partial charge >= 0.3 is 0 Å². The molecule has 8 heteroatoms. The van der Waals surface area contributed by atoms with Crippen molar-refractivity contribution < 1.29 is 8.42 Å². The van der Waals surface area contributed by atoms with E-state index in [0.29, 0.717) is 26.1 Å². The minimum atomic E-state index is -3.41. The number of nitrogens with zero attached hydrogens (tertiary/aromatic N) is 3. The maximum Gasteiger partial charge on any atom is 0.279 e. The quantitative estimate of drug-likeness (QED) is 0.735. The number of imidazole rings is 1. The molecule has 1 atom stereocenters. The van der Waals surface area contributed by atoms with E-state index in [-0.39, 0.29) is 6.04 Å². The molecule has 2 heterocycles.